The minimum atomic E-state index is -0.994. The monoisotopic (exact) mass is 495 g/mol. The van der Waals surface area contributed by atoms with Crippen LogP contribution in [0.15, 0.2) is 45.3 Å². The van der Waals surface area contributed by atoms with Crippen molar-refractivity contribution in [3.05, 3.63) is 62.0 Å². The lowest BCUT2D eigenvalue weighted by atomic mass is 9.85. The highest BCUT2D eigenvalue weighted by molar-refractivity contribution is 9.11. The molecule has 3 rings (SSSR count). The Labute approximate surface area is 174 Å². The van der Waals surface area contributed by atoms with E-state index in [-0.39, 0.29) is 11.7 Å². The maximum atomic E-state index is 12.8. The summed E-state index contributed by atoms with van der Waals surface area (Å²) in [5.41, 5.74) is 0.614. The van der Waals surface area contributed by atoms with Crippen LogP contribution in [0.2, 0.25) is 0 Å². The summed E-state index contributed by atoms with van der Waals surface area (Å²) in [5, 5.41) is 13.7. The third kappa shape index (κ3) is 4.10. The van der Waals surface area contributed by atoms with Gasteiger partial charge >= 0.3 is 0 Å². The Morgan fingerprint density at radius 3 is 2.30 bits per heavy atom. The Bertz CT molecular complexity index is 906. The number of carbonyl (C=O) groups is 2. The number of benzene rings is 2. The van der Waals surface area contributed by atoms with Gasteiger partial charge in [-0.25, -0.2) is 0 Å². The highest BCUT2D eigenvalue weighted by atomic mass is 79.9. The first-order chi connectivity index (χ1) is 12.6. The van der Waals surface area contributed by atoms with E-state index in [4.69, 9.17) is 4.74 Å². The molecule has 0 radical (unpaired) electrons. The van der Waals surface area contributed by atoms with Crippen LogP contribution < -0.4 is 10.1 Å². The molecule has 1 aliphatic rings. The highest BCUT2D eigenvalue weighted by Crippen LogP contribution is 2.40. The average Bonchev–Trinajstić information content (AvgIpc) is 2.57. The number of amides is 1. The number of nitrogens with one attached hydrogen (secondary N) is 1. The van der Waals surface area contributed by atoms with Gasteiger partial charge in [-0.1, -0.05) is 31.9 Å². The number of hydrogen-bond acceptors (Lipinski definition) is 4. The molecule has 5 nitrogen and oxygen atoms in total. The number of rotatable bonds is 3. The van der Waals surface area contributed by atoms with E-state index in [0.29, 0.717) is 22.4 Å². The fraction of sp³-hybridized carbons (Fsp3) is 0.300. The molecule has 0 aromatic heterocycles. The molecule has 27 heavy (non-hydrogen) atoms. The topological polar surface area (TPSA) is 75.6 Å². The summed E-state index contributed by atoms with van der Waals surface area (Å²) in [4.78, 5) is 24.6. The summed E-state index contributed by atoms with van der Waals surface area (Å²) < 4.78 is 7.41. The maximum Gasteiger partial charge on any atom is 0.251 e. The first-order valence-corrected chi connectivity index (χ1v) is 9.96. The lowest BCUT2D eigenvalue weighted by molar-refractivity contribution is -0.0627. The number of aliphatic hydroxyl groups excluding tert-OH is 1. The molecule has 7 heteroatoms. The van der Waals surface area contributed by atoms with Crippen LogP contribution in [0.4, 0.5) is 0 Å². The van der Waals surface area contributed by atoms with Crippen molar-refractivity contribution in [3.8, 4) is 5.75 Å². The van der Waals surface area contributed by atoms with Gasteiger partial charge in [0.1, 0.15) is 17.5 Å². The second kappa shape index (κ2) is 7.37. The van der Waals surface area contributed by atoms with Crippen molar-refractivity contribution in [2.45, 2.75) is 38.5 Å². The molecule has 2 aromatic rings. The molecule has 0 spiro atoms. The molecule has 0 aliphatic carbocycles. The minimum absolute atomic E-state index is 0.0990. The summed E-state index contributed by atoms with van der Waals surface area (Å²) in [5.74, 6) is 0.104. The van der Waals surface area contributed by atoms with Crippen LogP contribution in [0.1, 0.15) is 53.1 Å². The van der Waals surface area contributed by atoms with Gasteiger partial charge < -0.3 is 15.2 Å². The van der Waals surface area contributed by atoms with Crippen LogP contribution in [0.5, 0.6) is 5.75 Å². The summed E-state index contributed by atoms with van der Waals surface area (Å²) >= 11 is 6.74. The number of hydrogen-bond donors (Lipinski definition) is 2. The van der Waals surface area contributed by atoms with Gasteiger partial charge in [-0.15, -0.1) is 0 Å². The summed E-state index contributed by atoms with van der Waals surface area (Å²) in [6, 6.07) is 9.56. The van der Waals surface area contributed by atoms with Gasteiger partial charge in [0.05, 0.1) is 6.04 Å². The summed E-state index contributed by atoms with van der Waals surface area (Å²) in [6.45, 7) is 4.99. The molecular weight excluding hydrogens is 478 g/mol. The van der Waals surface area contributed by atoms with Crippen molar-refractivity contribution in [3.63, 3.8) is 0 Å². The van der Waals surface area contributed by atoms with E-state index in [0.717, 1.165) is 8.95 Å². The Hall–Kier alpha value is -1.70. The van der Waals surface area contributed by atoms with Gasteiger partial charge in [-0.05, 0) is 57.2 Å². The predicted octanol–water partition coefficient (Wildman–Crippen LogP) is 4.42. The standard InChI is InChI=1S/C20H19Br2NO4/c1-10(24)11-4-5-16-15(8-11)17(18(25)20(2,3)27-16)23-19(26)12-6-13(21)9-14(22)7-12/h4-9,17-18,25H,1-3H3,(H,23,26)/t17-,18+/m0/s1. The number of halogens is 2. The molecule has 0 saturated carbocycles. The van der Waals surface area contributed by atoms with Crippen molar-refractivity contribution in [2.24, 2.45) is 0 Å². The first kappa shape index (κ1) is 20.0. The molecule has 2 atom stereocenters. The first-order valence-electron chi connectivity index (χ1n) is 8.37. The Morgan fingerprint density at radius 2 is 1.70 bits per heavy atom. The SMILES string of the molecule is CC(=O)c1ccc2c(c1)[C@H](NC(=O)c1cc(Br)cc(Br)c1)[C@@H](O)C(C)(C)O2. The molecule has 0 bridgehead atoms. The van der Waals surface area contributed by atoms with Gasteiger partial charge in [-0.2, -0.15) is 0 Å². The van der Waals surface area contributed by atoms with Crippen LogP contribution in [0, 0.1) is 0 Å². The smallest absolute Gasteiger partial charge is 0.251 e. The van der Waals surface area contributed by atoms with Crippen LogP contribution in [0.25, 0.3) is 0 Å². The molecule has 142 valence electrons. The van der Waals surface area contributed by atoms with E-state index in [2.05, 4.69) is 37.2 Å². The Kier molecular flexibility index (Phi) is 5.47. The van der Waals surface area contributed by atoms with Crippen molar-refractivity contribution in [1.82, 2.24) is 5.32 Å². The lowest BCUT2D eigenvalue weighted by Crippen LogP contribution is -2.53. The molecule has 0 unspecified atom stereocenters. The second-order valence-electron chi connectivity index (χ2n) is 7.07. The molecule has 0 fully saturated rings. The molecule has 1 aliphatic heterocycles. The normalized spacial score (nSPS) is 20.4. The summed E-state index contributed by atoms with van der Waals surface area (Å²) in [6.07, 6.45) is -0.994. The lowest BCUT2D eigenvalue weighted by Gasteiger charge is -2.42. The van der Waals surface area contributed by atoms with Crippen LogP contribution in [0.3, 0.4) is 0 Å². The van der Waals surface area contributed by atoms with E-state index in [9.17, 15) is 14.7 Å². The Morgan fingerprint density at radius 1 is 1.07 bits per heavy atom. The number of Topliss-reactive ketones (excluding diaryl/α,β-unsaturated/α-hetero) is 1. The van der Waals surface area contributed by atoms with Gasteiger partial charge in [-0.3, -0.25) is 9.59 Å². The number of fused-ring (bicyclic) bond motifs is 1. The van der Waals surface area contributed by atoms with E-state index >= 15 is 0 Å². The molecular formula is C20H19Br2NO4. The van der Waals surface area contributed by atoms with Crippen LogP contribution in [-0.2, 0) is 0 Å². The molecule has 2 N–H and O–H groups in total. The van der Waals surface area contributed by atoms with Gasteiger partial charge in [0.15, 0.2) is 5.78 Å². The number of carbonyl (C=O) groups excluding carboxylic acids is 2. The third-order valence-corrected chi connectivity index (χ3v) is 5.48. The Balaban J connectivity index is 2.01. The van der Waals surface area contributed by atoms with Crippen LogP contribution >= 0.6 is 31.9 Å². The molecule has 0 saturated heterocycles. The quantitative estimate of drug-likeness (QED) is 0.617. The summed E-state index contributed by atoms with van der Waals surface area (Å²) in [7, 11) is 0. The van der Waals surface area contributed by atoms with E-state index in [1.54, 1.807) is 44.2 Å². The van der Waals surface area contributed by atoms with Crippen molar-refractivity contribution in [2.75, 3.05) is 0 Å². The highest BCUT2D eigenvalue weighted by Gasteiger charge is 2.43. The third-order valence-electron chi connectivity index (χ3n) is 4.56. The van der Waals surface area contributed by atoms with Gasteiger partial charge in [0.2, 0.25) is 0 Å². The van der Waals surface area contributed by atoms with E-state index in [1.807, 2.05) is 6.07 Å². The minimum Gasteiger partial charge on any atom is -0.485 e. The number of ketones is 1. The largest absolute Gasteiger partial charge is 0.485 e. The van der Waals surface area contributed by atoms with Crippen molar-refractivity contribution in [1.29, 1.82) is 0 Å². The number of ether oxygens (including phenoxy) is 1. The van der Waals surface area contributed by atoms with Crippen molar-refractivity contribution < 1.29 is 19.4 Å². The van der Waals surface area contributed by atoms with E-state index in [1.165, 1.54) is 6.92 Å². The maximum absolute atomic E-state index is 12.8. The van der Waals surface area contributed by atoms with Crippen LogP contribution in [-0.4, -0.2) is 28.5 Å². The zero-order valence-electron chi connectivity index (χ0n) is 15.0. The molecule has 1 heterocycles. The predicted molar refractivity (Wildman–Crippen MR) is 109 cm³/mol. The average molecular weight is 497 g/mol. The molecule has 1 amide bonds. The zero-order valence-corrected chi connectivity index (χ0v) is 18.2. The fourth-order valence-electron chi connectivity index (χ4n) is 3.08. The molecule has 2 aromatic carbocycles. The van der Waals surface area contributed by atoms with Gasteiger partial charge in [0, 0.05) is 25.6 Å². The number of aliphatic hydroxyl groups is 1. The van der Waals surface area contributed by atoms with Gasteiger partial charge in [0.25, 0.3) is 5.91 Å². The second-order valence-corrected chi connectivity index (χ2v) is 8.90. The fourth-order valence-corrected chi connectivity index (χ4v) is 4.38. The van der Waals surface area contributed by atoms with E-state index < -0.39 is 17.7 Å². The zero-order chi connectivity index (χ0) is 19.9. The van der Waals surface area contributed by atoms with Crippen molar-refractivity contribution >= 4 is 43.6 Å².